The lowest BCUT2D eigenvalue weighted by molar-refractivity contribution is 0.367. The van der Waals surface area contributed by atoms with Crippen LogP contribution in [0.3, 0.4) is 0 Å². The maximum absolute atomic E-state index is 8.55. The van der Waals surface area contributed by atoms with Gasteiger partial charge in [0.1, 0.15) is 5.75 Å². The molecule has 0 heterocycles. The SMILES string of the molecule is COc1cc(Cl)c(CN(C)CC#N)cc1Cl. The third-order valence-electron chi connectivity index (χ3n) is 2.10. The van der Waals surface area contributed by atoms with Crippen LogP contribution in [0.5, 0.6) is 5.75 Å². The summed E-state index contributed by atoms with van der Waals surface area (Å²) >= 11 is 12.1. The first-order valence-electron chi connectivity index (χ1n) is 4.66. The van der Waals surface area contributed by atoms with Crippen LogP contribution in [0, 0.1) is 11.3 Å². The van der Waals surface area contributed by atoms with Gasteiger partial charge in [0, 0.05) is 17.6 Å². The highest BCUT2D eigenvalue weighted by Gasteiger charge is 2.09. The number of rotatable bonds is 4. The highest BCUT2D eigenvalue weighted by atomic mass is 35.5. The second kappa shape index (κ2) is 5.95. The Kier molecular flexibility index (Phi) is 4.88. The molecular formula is C11H12Cl2N2O. The minimum Gasteiger partial charge on any atom is -0.495 e. The van der Waals surface area contributed by atoms with Gasteiger partial charge in [-0.05, 0) is 18.7 Å². The third-order valence-corrected chi connectivity index (χ3v) is 2.75. The number of halogens is 2. The second-order valence-corrected chi connectivity index (χ2v) is 4.22. The molecule has 1 aromatic rings. The van der Waals surface area contributed by atoms with Crippen LogP contribution in [0.25, 0.3) is 0 Å². The van der Waals surface area contributed by atoms with Crippen molar-refractivity contribution in [3.05, 3.63) is 27.7 Å². The first-order chi connectivity index (χ1) is 7.58. The topological polar surface area (TPSA) is 36.3 Å². The van der Waals surface area contributed by atoms with Crippen LogP contribution in [-0.4, -0.2) is 25.6 Å². The molecule has 5 heteroatoms. The summed E-state index contributed by atoms with van der Waals surface area (Å²) < 4.78 is 5.05. The fourth-order valence-corrected chi connectivity index (χ4v) is 1.79. The summed E-state index contributed by atoms with van der Waals surface area (Å²) in [5, 5.41) is 9.66. The van der Waals surface area contributed by atoms with Crippen LogP contribution in [-0.2, 0) is 6.54 Å². The molecule has 0 spiro atoms. The van der Waals surface area contributed by atoms with Crippen LogP contribution in [0.4, 0.5) is 0 Å². The molecule has 0 fully saturated rings. The van der Waals surface area contributed by atoms with E-state index < -0.39 is 0 Å². The van der Waals surface area contributed by atoms with E-state index in [1.165, 1.54) is 0 Å². The van der Waals surface area contributed by atoms with E-state index in [9.17, 15) is 0 Å². The van der Waals surface area contributed by atoms with Gasteiger partial charge >= 0.3 is 0 Å². The summed E-state index contributed by atoms with van der Waals surface area (Å²) in [6.45, 7) is 0.927. The minimum absolute atomic E-state index is 0.347. The lowest BCUT2D eigenvalue weighted by Crippen LogP contribution is -2.18. The highest BCUT2D eigenvalue weighted by molar-refractivity contribution is 6.34. The minimum atomic E-state index is 0.347. The first-order valence-corrected chi connectivity index (χ1v) is 5.41. The second-order valence-electron chi connectivity index (χ2n) is 3.41. The molecule has 0 aliphatic heterocycles. The number of benzene rings is 1. The lowest BCUT2D eigenvalue weighted by atomic mass is 10.2. The zero-order valence-electron chi connectivity index (χ0n) is 9.13. The number of nitriles is 1. The lowest BCUT2D eigenvalue weighted by Gasteiger charge is -2.15. The van der Waals surface area contributed by atoms with Crippen LogP contribution >= 0.6 is 23.2 Å². The molecule has 0 radical (unpaired) electrons. The van der Waals surface area contributed by atoms with Gasteiger partial charge in [-0.2, -0.15) is 5.26 Å². The Morgan fingerprint density at radius 2 is 2.06 bits per heavy atom. The Morgan fingerprint density at radius 3 is 2.62 bits per heavy atom. The number of hydrogen-bond acceptors (Lipinski definition) is 3. The third kappa shape index (κ3) is 3.28. The molecule has 0 amide bonds. The van der Waals surface area contributed by atoms with Crippen molar-refractivity contribution < 1.29 is 4.74 Å². The van der Waals surface area contributed by atoms with E-state index in [2.05, 4.69) is 6.07 Å². The van der Waals surface area contributed by atoms with Crippen molar-refractivity contribution in [2.24, 2.45) is 0 Å². The molecule has 0 aliphatic rings. The molecule has 1 rings (SSSR count). The van der Waals surface area contributed by atoms with E-state index in [-0.39, 0.29) is 0 Å². The fraction of sp³-hybridized carbons (Fsp3) is 0.364. The standard InChI is InChI=1S/C11H12Cl2N2O/c1-15(4-3-14)7-8-5-10(13)11(16-2)6-9(8)12/h5-6H,4,7H2,1-2H3. The van der Waals surface area contributed by atoms with Crippen molar-refractivity contribution in [1.29, 1.82) is 5.26 Å². The zero-order chi connectivity index (χ0) is 12.1. The van der Waals surface area contributed by atoms with Gasteiger partial charge in [0.2, 0.25) is 0 Å². The molecule has 0 N–H and O–H groups in total. The normalized spacial score (nSPS) is 10.2. The average molecular weight is 259 g/mol. The average Bonchev–Trinajstić information content (AvgIpc) is 2.23. The predicted octanol–water partition coefficient (Wildman–Crippen LogP) is 2.96. The molecular weight excluding hydrogens is 247 g/mol. The maximum Gasteiger partial charge on any atom is 0.138 e. The molecule has 0 aliphatic carbocycles. The van der Waals surface area contributed by atoms with Crippen molar-refractivity contribution in [1.82, 2.24) is 4.90 Å². The molecule has 16 heavy (non-hydrogen) atoms. The van der Waals surface area contributed by atoms with Crippen molar-refractivity contribution in [2.45, 2.75) is 6.54 Å². The Morgan fingerprint density at radius 1 is 1.38 bits per heavy atom. The van der Waals surface area contributed by atoms with Crippen molar-refractivity contribution in [3.8, 4) is 11.8 Å². The molecule has 0 saturated carbocycles. The summed E-state index contributed by atoms with van der Waals surface area (Å²) in [4.78, 5) is 1.85. The Bertz CT molecular complexity index is 415. The van der Waals surface area contributed by atoms with Gasteiger partial charge in [-0.1, -0.05) is 23.2 Å². The number of methoxy groups -OCH3 is 1. The molecule has 1 aromatic carbocycles. The van der Waals surface area contributed by atoms with E-state index in [0.29, 0.717) is 28.9 Å². The summed E-state index contributed by atoms with van der Waals surface area (Å²) in [5.41, 5.74) is 0.880. The molecule has 0 atom stereocenters. The van der Waals surface area contributed by atoms with E-state index in [1.54, 1.807) is 19.2 Å². The van der Waals surface area contributed by atoms with E-state index in [4.69, 9.17) is 33.2 Å². The predicted molar refractivity (Wildman–Crippen MR) is 65.0 cm³/mol. The van der Waals surface area contributed by atoms with E-state index in [1.807, 2.05) is 11.9 Å². The Labute approximate surface area is 105 Å². The molecule has 0 aromatic heterocycles. The van der Waals surface area contributed by atoms with Crippen LogP contribution in [0.1, 0.15) is 5.56 Å². The van der Waals surface area contributed by atoms with Crippen molar-refractivity contribution in [3.63, 3.8) is 0 Å². The number of hydrogen-bond donors (Lipinski definition) is 0. The van der Waals surface area contributed by atoms with Gasteiger partial charge in [0.15, 0.2) is 0 Å². The number of ether oxygens (including phenoxy) is 1. The zero-order valence-corrected chi connectivity index (χ0v) is 10.6. The van der Waals surface area contributed by atoms with Gasteiger partial charge in [-0.25, -0.2) is 0 Å². The first kappa shape index (κ1) is 13.1. The number of nitrogens with zero attached hydrogens (tertiary/aromatic N) is 2. The smallest absolute Gasteiger partial charge is 0.138 e. The van der Waals surface area contributed by atoms with Crippen LogP contribution in [0.15, 0.2) is 12.1 Å². The molecule has 0 unspecified atom stereocenters. The Balaban J connectivity index is 2.90. The van der Waals surface area contributed by atoms with Crippen LogP contribution < -0.4 is 4.74 Å². The monoisotopic (exact) mass is 258 g/mol. The summed E-state index contributed by atoms with van der Waals surface area (Å²) in [6.07, 6.45) is 0. The van der Waals surface area contributed by atoms with Gasteiger partial charge in [0.05, 0.1) is 24.7 Å². The fourth-order valence-electron chi connectivity index (χ4n) is 1.31. The Hall–Kier alpha value is -0.950. The maximum atomic E-state index is 8.55. The largest absolute Gasteiger partial charge is 0.495 e. The van der Waals surface area contributed by atoms with Gasteiger partial charge in [0.25, 0.3) is 0 Å². The summed E-state index contributed by atoms with van der Waals surface area (Å²) in [7, 11) is 3.39. The van der Waals surface area contributed by atoms with Crippen molar-refractivity contribution in [2.75, 3.05) is 20.7 Å². The van der Waals surface area contributed by atoms with Crippen LogP contribution in [0.2, 0.25) is 10.0 Å². The van der Waals surface area contributed by atoms with Gasteiger partial charge in [-0.3, -0.25) is 4.90 Å². The van der Waals surface area contributed by atoms with Gasteiger partial charge in [-0.15, -0.1) is 0 Å². The van der Waals surface area contributed by atoms with Gasteiger partial charge < -0.3 is 4.74 Å². The molecule has 3 nitrogen and oxygen atoms in total. The molecule has 86 valence electrons. The summed E-state index contributed by atoms with van der Waals surface area (Å²) in [6, 6.07) is 5.51. The molecule has 0 saturated heterocycles. The summed E-state index contributed by atoms with van der Waals surface area (Å²) in [5.74, 6) is 0.554. The highest BCUT2D eigenvalue weighted by Crippen LogP contribution is 2.31. The van der Waals surface area contributed by atoms with Crippen molar-refractivity contribution >= 4 is 23.2 Å². The molecule has 0 bridgehead atoms. The van der Waals surface area contributed by atoms with E-state index >= 15 is 0 Å². The van der Waals surface area contributed by atoms with E-state index in [0.717, 1.165) is 5.56 Å². The quantitative estimate of drug-likeness (QED) is 0.780.